The maximum absolute atomic E-state index is 12.3. The Balaban J connectivity index is 4.86. The lowest BCUT2D eigenvalue weighted by atomic mass is 10.1. The molecule has 0 spiro atoms. The molecule has 0 aromatic heterocycles. The molecule has 0 aromatic rings. The number of hydrogen-bond acceptors (Lipinski definition) is 7. The molecule has 0 rings (SSSR count). The summed E-state index contributed by atoms with van der Waals surface area (Å²) in [5.41, 5.74) is 10.8. The van der Waals surface area contributed by atoms with Crippen LogP contribution in [0, 0.1) is 0 Å². The van der Waals surface area contributed by atoms with Crippen molar-refractivity contribution in [3.8, 4) is 0 Å². The van der Waals surface area contributed by atoms with Gasteiger partial charge in [0.15, 0.2) is 0 Å². The predicted molar refractivity (Wildman–Crippen MR) is 92.5 cm³/mol. The number of carbonyl (C=O) groups is 3. The van der Waals surface area contributed by atoms with Gasteiger partial charge in [-0.3, -0.25) is 9.59 Å². The molecule has 0 fully saturated rings. The van der Waals surface area contributed by atoms with Gasteiger partial charge in [-0.15, -0.1) is 0 Å². The van der Waals surface area contributed by atoms with Gasteiger partial charge < -0.3 is 32.3 Å². The maximum Gasteiger partial charge on any atom is 0.326 e. The molecule has 0 aliphatic rings. The molecule has 8 N–H and O–H groups in total. The van der Waals surface area contributed by atoms with E-state index in [-0.39, 0.29) is 6.42 Å². The molecule has 3 unspecified atom stereocenters. The van der Waals surface area contributed by atoms with E-state index < -0.39 is 42.5 Å². The summed E-state index contributed by atoms with van der Waals surface area (Å²) in [6, 6.07) is -3.08. The quantitative estimate of drug-likeness (QED) is 0.209. The molecule has 0 saturated heterocycles. The van der Waals surface area contributed by atoms with Crippen LogP contribution in [0.25, 0.3) is 0 Å². The van der Waals surface area contributed by atoms with Gasteiger partial charge in [0.25, 0.3) is 0 Å². The molecule has 0 saturated carbocycles. The number of rotatable bonds is 13. The van der Waals surface area contributed by atoms with Gasteiger partial charge in [0.2, 0.25) is 11.8 Å². The molecule has 140 valence electrons. The Bertz CT molecular complexity index is 411. The Morgan fingerprint density at radius 3 is 2.21 bits per heavy atom. The van der Waals surface area contributed by atoms with Crippen molar-refractivity contribution >= 4 is 29.5 Å². The molecule has 0 aromatic carbocycles. The van der Waals surface area contributed by atoms with E-state index in [2.05, 4.69) is 10.6 Å². The summed E-state index contributed by atoms with van der Waals surface area (Å²) < 4.78 is 0. The van der Waals surface area contributed by atoms with Gasteiger partial charge in [0.1, 0.15) is 18.1 Å². The van der Waals surface area contributed by atoms with Crippen LogP contribution in [0.4, 0.5) is 0 Å². The third kappa shape index (κ3) is 9.06. The first kappa shape index (κ1) is 22.6. The first-order valence-electron chi connectivity index (χ1n) is 7.76. The number of carboxylic acids is 1. The monoisotopic (exact) mass is 364 g/mol. The summed E-state index contributed by atoms with van der Waals surface area (Å²) in [7, 11) is 0. The van der Waals surface area contributed by atoms with Crippen molar-refractivity contribution in [2.24, 2.45) is 11.5 Å². The van der Waals surface area contributed by atoms with E-state index in [0.29, 0.717) is 31.6 Å². The number of aliphatic hydroxyl groups excluding tert-OH is 1. The Morgan fingerprint density at radius 1 is 1.08 bits per heavy atom. The Hall–Kier alpha value is -1.36. The van der Waals surface area contributed by atoms with E-state index in [4.69, 9.17) is 16.6 Å². The number of aliphatic hydroxyl groups is 1. The SMILES string of the molecule is CSCCC(NC(=O)C(CCCCN)NC(=O)C(N)CO)C(=O)O. The molecule has 24 heavy (non-hydrogen) atoms. The summed E-state index contributed by atoms with van der Waals surface area (Å²) >= 11 is 1.47. The van der Waals surface area contributed by atoms with Crippen molar-refractivity contribution in [1.29, 1.82) is 0 Å². The number of hydrogen-bond donors (Lipinski definition) is 6. The first-order valence-corrected chi connectivity index (χ1v) is 9.15. The summed E-state index contributed by atoms with van der Waals surface area (Å²) in [6.07, 6.45) is 3.68. The summed E-state index contributed by atoms with van der Waals surface area (Å²) in [5, 5.41) is 23.0. The second kappa shape index (κ2) is 13.0. The number of amides is 2. The lowest BCUT2D eigenvalue weighted by Gasteiger charge is -2.22. The number of aliphatic carboxylic acids is 1. The van der Waals surface area contributed by atoms with Crippen molar-refractivity contribution in [2.75, 3.05) is 25.2 Å². The lowest BCUT2D eigenvalue weighted by Crippen LogP contribution is -2.55. The molecule has 10 heteroatoms. The van der Waals surface area contributed by atoms with E-state index in [9.17, 15) is 19.5 Å². The van der Waals surface area contributed by atoms with Crippen LogP contribution < -0.4 is 22.1 Å². The second-order valence-electron chi connectivity index (χ2n) is 5.32. The number of carbonyl (C=O) groups excluding carboxylic acids is 2. The van der Waals surface area contributed by atoms with E-state index >= 15 is 0 Å². The number of unbranched alkanes of at least 4 members (excludes halogenated alkanes) is 1. The third-order valence-electron chi connectivity index (χ3n) is 3.34. The summed E-state index contributed by atoms with van der Waals surface area (Å²) in [6.45, 7) is -0.0988. The fourth-order valence-electron chi connectivity index (χ4n) is 1.89. The highest BCUT2D eigenvalue weighted by molar-refractivity contribution is 7.98. The molecule has 0 heterocycles. The zero-order chi connectivity index (χ0) is 18.5. The first-order chi connectivity index (χ1) is 11.4. The van der Waals surface area contributed by atoms with E-state index in [1.165, 1.54) is 11.8 Å². The van der Waals surface area contributed by atoms with Crippen LogP contribution in [0.3, 0.4) is 0 Å². The van der Waals surface area contributed by atoms with Crippen molar-refractivity contribution in [3.05, 3.63) is 0 Å². The van der Waals surface area contributed by atoms with Crippen LogP contribution in [0.15, 0.2) is 0 Å². The Morgan fingerprint density at radius 2 is 1.71 bits per heavy atom. The zero-order valence-electron chi connectivity index (χ0n) is 13.9. The molecule has 0 radical (unpaired) electrons. The van der Waals surface area contributed by atoms with E-state index in [1.807, 2.05) is 6.26 Å². The fourth-order valence-corrected chi connectivity index (χ4v) is 2.36. The Kier molecular flexibility index (Phi) is 12.3. The molecule has 2 amide bonds. The topological polar surface area (TPSA) is 168 Å². The van der Waals surface area contributed by atoms with Crippen molar-refractivity contribution in [1.82, 2.24) is 10.6 Å². The third-order valence-corrected chi connectivity index (χ3v) is 3.98. The van der Waals surface area contributed by atoms with Crippen molar-refractivity contribution in [2.45, 2.75) is 43.8 Å². The van der Waals surface area contributed by atoms with Gasteiger partial charge in [-0.1, -0.05) is 0 Å². The maximum atomic E-state index is 12.3. The molecule has 0 aliphatic carbocycles. The minimum atomic E-state index is -1.14. The van der Waals surface area contributed by atoms with E-state index in [1.54, 1.807) is 0 Å². The van der Waals surface area contributed by atoms with Crippen LogP contribution in [-0.2, 0) is 14.4 Å². The molecular formula is C14H28N4O5S. The second-order valence-corrected chi connectivity index (χ2v) is 6.30. The molecule has 9 nitrogen and oxygen atoms in total. The van der Waals surface area contributed by atoms with Crippen LogP contribution in [0.1, 0.15) is 25.7 Å². The van der Waals surface area contributed by atoms with Gasteiger partial charge in [-0.2, -0.15) is 11.8 Å². The smallest absolute Gasteiger partial charge is 0.326 e. The minimum absolute atomic E-state index is 0.280. The molecule has 0 bridgehead atoms. The number of nitrogens with one attached hydrogen (secondary N) is 2. The van der Waals surface area contributed by atoms with Gasteiger partial charge >= 0.3 is 5.97 Å². The highest BCUT2D eigenvalue weighted by Crippen LogP contribution is 2.05. The number of nitrogens with two attached hydrogens (primary N) is 2. The standard InChI is InChI=1S/C14H28N4O5S/c1-24-7-5-11(14(22)23)18-13(21)10(4-2-3-6-15)17-12(20)9(16)8-19/h9-11,19H,2-8,15-16H2,1H3,(H,17,20)(H,18,21)(H,22,23). The number of thioether (sulfide) groups is 1. The normalized spacial score (nSPS) is 14.5. The minimum Gasteiger partial charge on any atom is -0.480 e. The van der Waals surface area contributed by atoms with Crippen molar-refractivity contribution in [3.63, 3.8) is 0 Å². The average Bonchev–Trinajstić information content (AvgIpc) is 2.56. The molecule has 0 aliphatic heterocycles. The lowest BCUT2D eigenvalue weighted by molar-refractivity contribution is -0.142. The van der Waals surface area contributed by atoms with Gasteiger partial charge in [0, 0.05) is 0 Å². The van der Waals surface area contributed by atoms with E-state index in [0.717, 1.165) is 0 Å². The van der Waals surface area contributed by atoms with Gasteiger partial charge in [-0.05, 0) is 44.2 Å². The van der Waals surface area contributed by atoms with Crippen LogP contribution in [0.5, 0.6) is 0 Å². The zero-order valence-corrected chi connectivity index (χ0v) is 14.7. The van der Waals surface area contributed by atoms with Gasteiger partial charge in [0.05, 0.1) is 6.61 Å². The van der Waals surface area contributed by atoms with Crippen LogP contribution in [-0.4, -0.2) is 71.3 Å². The van der Waals surface area contributed by atoms with Crippen molar-refractivity contribution < 1.29 is 24.6 Å². The van der Waals surface area contributed by atoms with Gasteiger partial charge in [-0.25, -0.2) is 4.79 Å². The highest BCUT2D eigenvalue weighted by Gasteiger charge is 2.27. The van der Waals surface area contributed by atoms with Crippen LogP contribution >= 0.6 is 11.8 Å². The average molecular weight is 364 g/mol. The predicted octanol–water partition coefficient (Wildman–Crippen LogP) is -1.76. The molecule has 3 atom stereocenters. The fraction of sp³-hybridized carbons (Fsp3) is 0.786. The van der Waals surface area contributed by atoms with Crippen LogP contribution in [0.2, 0.25) is 0 Å². The Labute approximate surface area is 145 Å². The largest absolute Gasteiger partial charge is 0.480 e. The summed E-state index contributed by atoms with van der Waals surface area (Å²) in [4.78, 5) is 35.3. The number of carboxylic acid groups (broad SMARTS) is 1. The molecular weight excluding hydrogens is 336 g/mol. The highest BCUT2D eigenvalue weighted by atomic mass is 32.2. The summed E-state index contributed by atoms with van der Waals surface area (Å²) in [5.74, 6) is -1.80.